The minimum absolute atomic E-state index is 0.0675. The van der Waals surface area contributed by atoms with Crippen molar-refractivity contribution in [2.75, 3.05) is 13.7 Å². The van der Waals surface area contributed by atoms with E-state index < -0.39 is 0 Å². The Bertz CT molecular complexity index is 306. The summed E-state index contributed by atoms with van der Waals surface area (Å²) in [6.45, 7) is 5.90. The molecule has 0 amide bonds. The molecular weight excluding hydrogens is 202 g/mol. The normalized spacial score (nSPS) is 11.7. The van der Waals surface area contributed by atoms with Crippen LogP contribution < -0.4 is 5.32 Å². The number of nitrogens with one attached hydrogen (secondary N) is 1. The van der Waals surface area contributed by atoms with Gasteiger partial charge >= 0.3 is 0 Å². The molecule has 1 aromatic rings. The van der Waals surface area contributed by atoms with Crippen LogP contribution in [0, 0.1) is 0 Å². The van der Waals surface area contributed by atoms with Crippen LogP contribution in [0.1, 0.15) is 25.8 Å². The summed E-state index contributed by atoms with van der Waals surface area (Å²) in [7, 11) is 1.74. The standard InChI is InChI=1S/C13H21NO2/c1-13(2,16-3)8-9-14-10-11-4-6-12(15)7-5-11/h4-7,14-15H,8-10H2,1-3H3. The van der Waals surface area contributed by atoms with Crippen LogP contribution in [0.4, 0.5) is 0 Å². The molecule has 90 valence electrons. The number of phenols is 1. The summed E-state index contributed by atoms with van der Waals surface area (Å²) in [5.74, 6) is 0.310. The fourth-order valence-electron chi connectivity index (χ4n) is 1.34. The SMILES string of the molecule is COC(C)(C)CCNCc1ccc(O)cc1. The monoisotopic (exact) mass is 223 g/mol. The maximum Gasteiger partial charge on any atom is 0.115 e. The van der Waals surface area contributed by atoms with Crippen molar-refractivity contribution < 1.29 is 9.84 Å². The lowest BCUT2D eigenvalue weighted by atomic mass is 10.1. The van der Waals surface area contributed by atoms with Crippen LogP contribution in [0.15, 0.2) is 24.3 Å². The molecular formula is C13H21NO2. The molecule has 2 N–H and O–H groups in total. The molecule has 0 aliphatic carbocycles. The molecule has 0 fully saturated rings. The van der Waals surface area contributed by atoms with Gasteiger partial charge in [0.15, 0.2) is 0 Å². The maximum absolute atomic E-state index is 9.13. The summed E-state index contributed by atoms with van der Waals surface area (Å²) in [6.07, 6.45) is 0.974. The van der Waals surface area contributed by atoms with Crippen LogP contribution in [-0.4, -0.2) is 24.4 Å². The topological polar surface area (TPSA) is 41.5 Å². The average molecular weight is 223 g/mol. The van der Waals surface area contributed by atoms with E-state index >= 15 is 0 Å². The van der Waals surface area contributed by atoms with Crippen LogP contribution in [-0.2, 0) is 11.3 Å². The van der Waals surface area contributed by atoms with Gasteiger partial charge in [-0.15, -0.1) is 0 Å². The van der Waals surface area contributed by atoms with Gasteiger partial charge in [-0.25, -0.2) is 0 Å². The molecule has 0 aliphatic heterocycles. The number of phenolic OH excluding ortho intramolecular Hbond substituents is 1. The van der Waals surface area contributed by atoms with Gasteiger partial charge in [0.1, 0.15) is 5.75 Å². The lowest BCUT2D eigenvalue weighted by Gasteiger charge is -2.22. The van der Waals surface area contributed by atoms with Crippen LogP contribution in [0.25, 0.3) is 0 Å². The van der Waals surface area contributed by atoms with E-state index in [0.717, 1.165) is 19.5 Å². The number of ether oxygens (including phenoxy) is 1. The van der Waals surface area contributed by atoms with Crippen LogP contribution in [0.3, 0.4) is 0 Å². The molecule has 3 heteroatoms. The van der Waals surface area contributed by atoms with Gasteiger partial charge < -0.3 is 15.2 Å². The van der Waals surface area contributed by atoms with E-state index in [-0.39, 0.29) is 5.60 Å². The Balaban J connectivity index is 2.23. The second-order valence-electron chi connectivity index (χ2n) is 4.56. The first-order chi connectivity index (χ1) is 7.53. The Morgan fingerprint density at radius 2 is 1.88 bits per heavy atom. The first-order valence-corrected chi connectivity index (χ1v) is 5.57. The Morgan fingerprint density at radius 1 is 1.25 bits per heavy atom. The predicted molar refractivity (Wildman–Crippen MR) is 65.5 cm³/mol. The lowest BCUT2D eigenvalue weighted by molar-refractivity contribution is 0.0158. The van der Waals surface area contributed by atoms with E-state index in [0.29, 0.717) is 5.75 Å². The van der Waals surface area contributed by atoms with Gasteiger partial charge in [0.2, 0.25) is 0 Å². The summed E-state index contributed by atoms with van der Waals surface area (Å²) in [6, 6.07) is 7.25. The first-order valence-electron chi connectivity index (χ1n) is 5.57. The first kappa shape index (κ1) is 13.0. The highest BCUT2D eigenvalue weighted by Gasteiger charge is 2.14. The zero-order valence-electron chi connectivity index (χ0n) is 10.3. The molecule has 16 heavy (non-hydrogen) atoms. The Hall–Kier alpha value is -1.06. The molecule has 0 saturated carbocycles. The van der Waals surface area contributed by atoms with Crippen molar-refractivity contribution in [2.45, 2.75) is 32.4 Å². The van der Waals surface area contributed by atoms with E-state index in [1.165, 1.54) is 5.56 Å². The van der Waals surface area contributed by atoms with Gasteiger partial charge in [-0.2, -0.15) is 0 Å². The molecule has 0 aromatic heterocycles. The molecule has 0 bridgehead atoms. The third-order valence-electron chi connectivity index (χ3n) is 2.72. The number of benzene rings is 1. The fraction of sp³-hybridized carbons (Fsp3) is 0.538. The van der Waals surface area contributed by atoms with Gasteiger partial charge in [-0.05, 0) is 44.5 Å². The minimum Gasteiger partial charge on any atom is -0.508 e. The number of rotatable bonds is 6. The summed E-state index contributed by atoms with van der Waals surface area (Å²) in [5, 5.41) is 12.5. The molecule has 0 radical (unpaired) electrons. The van der Waals surface area contributed by atoms with Crippen molar-refractivity contribution in [1.29, 1.82) is 0 Å². The third kappa shape index (κ3) is 4.64. The van der Waals surface area contributed by atoms with Gasteiger partial charge in [-0.3, -0.25) is 0 Å². The highest BCUT2D eigenvalue weighted by molar-refractivity contribution is 5.25. The quantitative estimate of drug-likeness (QED) is 0.727. The molecule has 1 aromatic carbocycles. The Kier molecular flexibility index (Phi) is 4.77. The van der Waals surface area contributed by atoms with E-state index in [4.69, 9.17) is 9.84 Å². The van der Waals surface area contributed by atoms with Crippen molar-refractivity contribution in [3.05, 3.63) is 29.8 Å². The largest absolute Gasteiger partial charge is 0.508 e. The van der Waals surface area contributed by atoms with Crippen LogP contribution in [0.2, 0.25) is 0 Å². The Labute approximate surface area is 97.4 Å². The van der Waals surface area contributed by atoms with Crippen molar-refractivity contribution in [3.8, 4) is 5.75 Å². The zero-order valence-corrected chi connectivity index (χ0v) is 10.3. The van der Waals surface area contributed by atoms with Crippen molar-refractivity contribution in [1.82, 2.24) is 5.32 Å². The maximum atomic E-state index is 9.13. The molecule has 0 saturated heterocycles. The summed E-state index contributed by atoms with van der Waals surface area (Å²) >= 11 is 0. The smallest absolute Gasteiger partial charge is 0.115 e. The van der Waals surface area contributed by atoms with Crippen LogP contribution >= 0.6 is 0 Å². The summed E-state index contributed by atoms with van der Waals surface area (Å²) in [4.78, 5) is 0. The van der Waals surface area contributed by atoms with E-state index in [2.05, 4.69) is 19.2 Å². The van der Waals surface area contributed by atoms with Gasteiger partial charge in [0.05, 0.1) is 5.60 Å². The third-order valence-corrected chi connectivity index (χ3v) is 2.72. The second-order valence-corrected chi connectivity index (χ2v) is 4.56. The summed E-state index contributed by atoms with van der Waals surface area (Å²) in [5.41, 5.74) is 1.11. The molecule has 0 atom stereocenters. The molecule has 0 aliphatic rings. The van der Waals surface area contributed by atoms with E-state index in [1.54, 1.807) is 19.2 Å². The van der Waals surface area contributed by atoms with Gasteiger partial charge in [0.25, 0.3) is 0 Å². The molecule has 3 nitrogen and oxygen atoms in total. The predicted octanol–water partition coefficient (Wildman–Crippen LogP) is 2.30. The lowest BCUT2D eigenvalue weighted by Crippen LogP contribution is -2.28. The van der Waals surface area contributed by atoms with Gasteiger partial charge in [0, 0.05) is 13.7 Å². The molecule has 0 heterocycles. The highest BCUT2D eigenvalue weighted by Crippen LogP contribution is 2.12. The van der Waals surface area contributed by atoms with Crippen molar-refractivity contribution >= 4 is 0 Å². The molecule has 0 spiro atoms. The number of hydrogen-bond acceptors (Lipinski definition) is 3. The molecule has 0 unspecified atom stereocenters. The highest BCUT2D eigenvalue weighted by atomic mass is 16.5. The fourth-order valence-corrected chi connectivity index (χ4v) is 1.34. The average Bonchev–Trinajstić information content (AvgIpc) is 2.27. The van der Waals surface area contributed by atoms with E-state index in [9.17, 15) is 0 Å². The summed E-state index contributed by atoms with van der Waals surface area (Å²) < 4.78 is 5.33. The molecule has 1 rings (SSSR count). The van der Waals surface area contributed by atoms with Crippen molar-refractivity contribution in [3.63, 3.8) is 0 Å². The number of methoxy groups -OCH3 is 1. The van der Waals surface area contributed by atoms with Gasteiger partial charge in [-0.1, -0.05) is 12.1 Å². The Morgan fingerprint density at radius 3 is 2.44 bits per heavy atom. The minimum atomic E-state index is -0.0675. The van der Waals surface area contributed by atoms with Crippen LogP contribution in [0.5, 0.6) is 5.75 Å². The van der Waals surface area contributed by atoms with Crippen molar-refractivity contribution in [2.24, 2.45) is 0 Å². The second kappa shape index (κ2) is 5.87. The number of aromatic hydroxyl groups is 1. The van der Waals surface area contributed by atoms with E-state index in [1.807, 2.05) is 12.1 Å². The number of hydrogen-bond donors (Lipinski definition) is 2. The zero-order chi connectivity index (χ0) is 12.0.